The molecule has 1 aromatic heterocycles. The number of H-pyrrole nitrogens is 1. The molecule has 6 heteroatoms. The van der Waals surface area contributed by atoms with Gasteiger partial charge >= 0.3 is 0 Å². The van der Waals surface area contributed by atoms with Crippen LogP contribution in [-0.2, 0) is 4.79 Å². The maximum atomic E-state index is 12.6. The summed E-state index contributed by atoms with van der Waals surface area (Å²) < 4.78 is 5.22. The zero-order chi connectivity index (χ0) is 18.7. The first-order valence-corrected chi connectivity index (χ1v) is 8.25. The summed E-state index contributed by atoms with van der Waals surface area (Å²) in [6, 6.07) is 14.6. The monoisotopic (exact) mass is 365 g/mol. The first-order chi connectivity index (χ1) is 12.5. The molecule has 0 saturated heterocycles. The second-order valence-corrected chi connectivity index (χ2v) is 6.11. The second-order valence-electron chi connectivity index (χ2n) is 5.68. The van der Waals surface area contributed by atoms with Crippen molar-refractivity contribution in [3.63, 3.8) is 0 Å². The Morgan fingerprint density at radius 3 is 2.81 bits per heavy atom. The van der Waals surface area contributed by atoms with Crippen LogP contribution < -0.4 is 10.1 Å². The fourth-order valence-corrected chi connectivity index (χ4v) is 2.92. The Morgan fingerprint density at radius 2 is 2.08 bits per heavy atom. The maximum absolute atomic E-state index is 12.6. The minimum Gasteiger partial charge on any atom is -0.495 e. The summed E-state index contributed by atoms with van der Waals surface area (Å²) in [5.74, 6) is -0.0685. The number of aromatic nitrogens is 1. The van der Waals surface area contributed by atoms with E-state index in [1.807, 2.05) is 37.3 Å². The fraction of sp³-hybridized carbons (Fsp3) is 0.100. The number of fused-ring (bicyclic) bond motifs is 1. The number of hydrogen-bond donors (Lipinski definition) is 2. The number of benzene rings is 2. The van der Waals surface area contributed by atoms with Crippen molar-refractivity contribution in [2.45, 2.75) is 6.92 Å². The van der Waals surface area contributed by atoms with E-state index in [1.54, 1.807) is 24.3 Å². The smallest absolute Gasteiger partial charge is 0.266 e. The minimum atomic E-state index is -0.530. The lowest BCUT2D eigenvalue weighted by Gasteiger charge is -2.10. The second kappa shape index (κ2) is 7.34. The van der Waals surface area contributed by atoms with E-state index in [4.69, 9.17) is 16.3 Å². The SMILES string of the molecule is COc1ccc(Cl)cc1NC(=O)/C(C#N)=C\c1c(C)[nH]c2ccccc12. The number of nitrogens with zero attached hydrogens (tertiary/aromatic N) is 1. The molecule has 3 rings (SSSR count). The molecule has 0 atom stereocenters. The first-order valence-electron chi connectivity index (χ1n) is 7.87. The van der Waals surface area contributed by atoms with Crippen LogP contribution in [0.25, 0.3) is 17.0 Å². The number of rotatable bonds is 4. The van der Waals surface area contributed by atoms with E-state index in [0.717, 1.165) is 22.2 Å². The van der Waals surface area contributed by atoms with Crippen molar-refractivity contribution >= 4 is 40.2 Å². The average molecular weight is 366 g/mol. The number of amides is 1. The van der Waals surface area contributed by atoms with Gasteiger partial charge < -0.3 is 15.0 Å². The highest BCUT2D eigenvalue weighted by Gasteiger charge is 2.15. The number of nitriles is 1. The van der Waals surface area contributed by atoms with E-state index in [1.165, 1.54) is 7.11 Å². The number of carbonyl (C=O) groups is 1. The van der Waals surface area contributed by atoms with Crippen LogP contribution in [0.3, 0.4) is 0 Å². The molecule has 1 amide bonds. The largest absolute Gasteiger partial charge is 0.495 e. The Labute approximate surface area is 155 Å². The molecular formula is C20H16ClN3O2. The van der Waals surface area contributed by atoms with Gasteiger partial charge in [0.1, 0.15) is 17.4 Å². The van der Waals surface area contributed by atoms with Crippen LogP contribution in [0, 0.1) is 18.3 Å². The van der Waals surface area contributed by atoms with Crippen LogP contribution in [0.4, 0.5) is 5.69 Å². The van der Waals surface area contributed by atoms with Crippen molar-refractivity contribution in [1.82, 2.24) is 4.98 Å². The van der Waals surface area contributed by atoms with Crippen LogP contribution in [0.2, 0.25) is 5.02 Å². The van der Waals surface area contributed by atoms with E-state index >= 15 is 0 Å². The molecular weight excluding hydrogens is 350 g/mol. The maximum Gasteiger partial charge on any atom is 0.266 e. The van der Waals surface area contributed by atoms with Crippen molar-refractivity contribution in [1.29, 1.82) is 5.26 Å². The van der Waals surface area contributed by atoms with Crippen LogP contribution in [0.5, 0.6) is 5.75 Å². The zero-order valence-electron chi connectivity index (χ0n) is 14.3. The summed E-state index contributed by atoms with van der Waals surface area (Å²) in [5, 5.41) is 13.6. The van der Waals surface area contributed by atoms with Crippen LogP contribution in [0.15, 0.2) is 48.0 Å². The van der Waals surface area contributed by atoms with Crippen molar-refractivity contribution < 1.29 is 9.53 Å². The molecule has 0 unspecified atom stereocenters. The van der Waals surface area contributed by atoms with Gasteiger partial charge in [-0.05, 0) is 37.3 Å². The Balaban J connectivity index is 1.97. The number of ether oxygens (including phenoxy) is 1. The van der Waals surface area contributed by atoms with E-state index in [2.05, 4.69) is 10.3 Å². The highest BCUT2D eigenvalue weighted by atomic mass is 35.5. The molecule has 0 radical (unpaired) electrons. The molecule has 0 aliphatic rings. The molecule has 2 aromatic carbocycles. The number of halogens is 1. The lowest BCUT2D eigenvalue weighted by Crippen LogP contribution is -2.14. The van der Waals surface area contributed by atoms with Crippen molar-refractivity contribution in [3.05, 3.63) is 64.3 Å². The van der Waals surface area contributed by atoms with Crippen molar-refractivity contribution in [3.8, 4) is 11.8 Å². The summed E-state index contributed by atoms with van der Waals surface area (Å²) in [5.41, 5.74) is 3.03. The number of methoxy groups -OCH3 is 1. The van der Waals surface area contributed by atoms with Gasteiger partial charge in [-0.2, -0.15) is 5.26 Å². The predicted octanol–water partition coefficient (Wildman–Crippen LogP) is 4.68. The lowest BCUT2D eigenvalue weighted by atomic mass is 10.1. The molecule has 5 nitrogen and oxygen atoms in total. The molecule has 0 aliphatic heterocycles. The topological polar surface area (TPSA) is 77.9 Å². The molecule has 3 aromatic rings. The number of aryl methyl sites for hydroxylation is 1. The molecule has 0 bridgehead atoms. The molecule has 0 fully saturated rings. The fourth-order valence-electron chi connectivity index (χ4n) is 2.74. The normalized spacial score (nSPS) is 11.2. The minimum absolute atomic E-state index is 0.0140. The molecule has 1 heterocycles. The summed E-state index contributed by atoms with van der Waals surface area (Å²) in [6.07, 6.45) is 1.58. The number of para-hydroxylation sites is 1. The van der Waals surface area contributed by atoms with Crippen LogP contribution in [-0.4, -0.2) is 18.0 Å². The van der Waals surface area contributed by atoms with E-state index in [9.17, 15) is 10.1 Å². The van der Waals surface area contributed by atoms with Gasteiger partial charge in [-0.15, -0.1) is 0 Å². The molecule has 0 spiro atoms. The van der Waals surface area contributed by atoms with E-state index in [0.29, 0.717) is 16.5 Å². The van der Waals surface area contributed by atoms with Crippen LogP contribution in [0.1, 0.15) is 11.3 Å². The van der Waals surface area contributed by atoms with Crippen molar-refractivity contribution in [2.24, 2.45) is 0 Å². The number of aromatic amines is 1. The van der Waals surface area contributed by atoms with Gasteiger partial charge in [0, 0.05) is 27.2 Å². The third-order valence-electron chi connectivity index (χ3n) is 4.01. The van der Waals surface area contributed by atoms with Gasteiger partial charge in [0.2, 0.25) is 0 Å². The molecule has 26 heavy (non-hydrogen) atoms. The molecule has 130 valence electrons. The van der Waals surface area contributed by atoms with Gasteiger partial charge in [0.25, 0.3) is 5.91 Å². The third-order valence-corrected chi connectivity index (χ3v) is 4.24. The van der Waals surface area contributed by atoms with Gasteiger partial charge in [0.15, 0.2) is 0 Å². The lowest BCUT2D eigenvalue weighted by molar-refractivity contribution is -0.112. The third kappa shape index (κ3) is 3.41. The highest BCUT2D eigenvalue weighted by molar-refractivity contribution is 6.31. The molecule has 0 saturated carbocycles. The first kappa shape index (κ1) is 17.6. The summed E-state index contributed by atoms with van der Waals surface area (Å²) in [7, 11) is 1.50. The van der Waals surface area contributed by atoms with Crippen molar-refractivity contribution in [2.75, 3.05) is 12.4 Å². The number of anilines is 1. The summed E-state index contributed by atoms with van der Waals surface area (Å²) in [6.45, 7) is 1.90. The number of hydrogen-bond acceptors (Lipinski definition) is 3. The highest BCUT2D eigenvalue weighted by Crippen LogP contribution is 2.29. The average Bonchev–Trinajstić information content (AvgIpc) is 2.95. The standard InChI is InChI=1S/C20H16ClN3O2/c1-12-16(15-5-3-4-6-17(15)23-12)9-13(11-22)20(25)24-18-10-14(21)7-8-19(18)26-2/h3-10,23H,1-2H3,(H,24,25)/b13-9-. The number of carbonyl (C=O) groups excluding carboxylic acids is 1. The Morgan fingerprint density at radius 1 is 1.31 bits per heavy atom. The predicted molar refractivity (Wildman–Crippen MR) is 103 cm³/mol. The van der Waals surface area contributed by atoms with Gasteiger partial charge in [-0.25, -0.2) is 0 Å². The van der Waals surface area contributed by atoms with E-state index < -0.39 is 5.91 Å². The van der Waals surface area contributed by atoms with Gasteiger partial charge in [0.05, 0.1) is 12.8 Å². The Bertz CT molecular complexity index is 1060. The quantitative estimate of drug-likeness (QED) is 0.520. The van der Waals surface area contributed by atoms with E-state index in [-0.39, 0.29) is 5.57 Å². The Kier molecular flexibility index (Phi) is 4.97. The van der Waals surface area contributed by atoms with Gasteiger partial charge in [-0.3, -0.25) is 4.79 Å². The van der Waals surface area contributed by atoms with Gasteiger partial charge in [-0.1, -0.05) is 29.8 Å². The number of nitrogens with one attached hydrogen (secondary N) is 2. The Hall–Kier alpha value is -3.23. The van der Waals surface area contributed by atoms with Crippen LogP contribution >= 0.6 is 11.6 Å². The summed E-state index contributed by atoms with van der Waals surface area (Å²) >= 11 is 5.98. The molecule has 0 aliphatic carbocycles. The molecule has 2 N–H and O–H groups in total. The summed E-state index contributed by atoms with van der Waals surface area (Å²) in [4.78, 5) is 15.8. The zero-order valence-corrected chi connectivity index (χ0v) is 15.0.